The van der Waals surface area contributed by atoms with Crippen molar-refractivity contribution in [3.05, 3.63) is 83.8 Å². The molecule has 0 N–H and O–H groups in total. The highest BCUT2D eigenvalue weighted by molar-refractivity contribution is 7.07. The molecule has 1 saturated heterocycles. The zero-order valence-corrected chi connectivity index (χ0v) is 20.7. The Balaban J connectivity index is 2.03. The van der Waals surface area contributed by atoms with E-state index in [1.165, 1.54) is 15.9 Å². The zero-order valence-electron chi connectivity index (χ0n) is 19.8. The zero-order chi connectivity index (χ0) is 24.4. The molecule has 1 fully saturated rings. The number of nitrogens with zero attached hydrogens (tertiary/aromatic N) is 3. The number of aromatic nitrogens is 1. The van der Waals surface area contributed by atoms with Gasteiger partial charge in [-0.3, -0.25) is 14.2 Å². The molecule has 0 unspecified atom stereocenters. The normalized spacial score (nSPS) is 15.3. The van der Waals surface area contributed by atoms with Gasteiger partial charge in [0, 0.05) is 13.1 Å². The summed E-state index contributed by atoms with van der Waals surface area (Å²) in [5.41, 5.74) is 5.51. The Morgan fingerprint density at radius 1 is 1.03 bits per heavy atom. The van der Waals surface area contributed by atoms with Crippen LogP contribution in [0.3, 0.4) is 0 Å². The predicted molar refractivity (Wildman–Crippen MR) is 135 cm³/mol. The van der Waals surface area contributed by atoms with E-state index < -0.39 is 0 Å². The van der Waals surface area contributed by atoms with Crippen molar-refractivity contribution in [1.82, 2.24) is 9.47 Å². The van der Waals surface area contributed by atoms with Crippen LogP contribution in [0.4, 0.5) is 0 Å². The fraction of sp³-hybridized carbons (Fsp3) is 0.296. The minimum Gasteiger partial charge on any atom is -0.378 e. The molecule has 0 atom stereocenters. The molecule has 1 aliphatic rings. The Morgan fingerprint density at radius 3 is 2.29 bits per heavy atom. The molecule has 0 bridgehead atoms. The summed E-state index contributed by atoms with van der Waals surface area (Å²) in [7, 11) is 0. The third-order valence-corrected chi connectivity index (χ3v) is 7.06. The number of benzene rings is 2. The third-order valence-electron chi connectivity index (χ3n) is 5.97. The number of hydrogen-bond donors (Lipinski definition) is 0. The van der Waals surface area contributed by atoms with Crippen LogP contribution in [-0.4, -0.2) is 41.7 Å². The van der Waals surface area contributed by atoms with Gasteiger partial charge in [-0.05, 0) is 56.5 Å². The Bertz CT molecular complexity index is 1480. The van der Waals surface area contributed by atoms with E-state index in [1.54, 1.807) is 4.90 Å². The van der Waals surface area contributed by atoms with Crippen LogP contribution in [-0.2, 0) is 9.53 Å². The van der Waals surface area contributed by atoms with Crippen molar-refractivity contribution in [2.45, 2.75) is 27.7 Å². The lowest BCUT2D eigenvalue weighted by Gasteiger charge is -2.26. The van der Waals surface area contributed by atoms with E-state index in [0.717, 1.165) is 27.8 Å². The summed E-state index contributed by atoms with van der Waals surface area (Å²) in [5, 5.41) is 10.0. The molecule has 1 aliphatic heterocycles. The molecule has 174 valence electrons. The largest absolute Gasteiger partial charge is 0.378 e. The first-order chi connectivity index (χ1) is 16.3. The second-order valence-electron chi connectivity index (χ2n) is 8.60. The minimum atomic E-state index is -0.372. The summed E-state index contributed by atoms with van der Waals surface area (Å²) >= 11 is 1.18. The molecule has 1 aromatic heterocycles. The standard InChI is InChI=1S/C27H27N3O3S/c1-17-5-7-21(19(3)13-17)15-24-26(32)30(23-8-6-18(2)14-20(23)4)27(34-24)22(16-28)25(31)29-9-11-33-12-10-29/h5-8,13-15H,9-12H2,1-4H3/b24-15-,27-22-. The van der Waals surface area contributed by atoms with Crippen LogP contribution in [0, 0.1) is 39.0 Å². The molecule has 0 spiro atoms. The van der Waals surface area contributed by atoms with Gasteiger partial charge in [0.15, 0.2) is 5.57 Å². The number of amides is 1. The molecule has 3 aromatic rings. The second-order valence-corrected chi connectivity index (χ2v) is 9.63. The van der Waals surface area contributed by atoms with Crippen molar-refractivity contribution in [1.29, 1.82) is 5.26 Å². The lowest BCUT2D eigenvalue weighted by Crippen LogP contribution is -2.42. The maximum Gasteiger partial charge on any atom is 0.273 e. The van der Waals surface area contributed by atoms with Crippen LogP contribution in [0.25, 0.3) is 17.3 Å². The second kappa shape index (κ2) is 9.80. The molecular formula is C27H27N3O3S. The van der Waals surface area contributed by atoms with E-state index in [2.05, 4.69) is 12.1 Å². The van der Waals surface area contributed by atoms with Crippen molar-refractivity contribution < 1.29 is 9.53 Å². The minimum absolute atomic E-state index is 0.0238. The number of carbonyl (C=O) groups is 1. The van der Waals surface area contributed by atoms with Crippen LogP contribution in [0.5, 0.6) is 0 Å². The number of rotatable bonds is 3. The average molecular weight is 474 g/mol. The highest BCUT2D eigenvalue weighted by Crippen LogP contribution is 2.15. The summed E-state index contributed by atoms with van der Waals surface area (Å²) in [5.74, 6) is -0.372. The molecule has 0 aliphatic carbocycles. The van der Waals surface area contributed by atoms with E-state index in [1.807, 2.05) is 64.1 Å². The fourth-order valence-corrected chi connectivity index (χ4v) is 5.25. The summed E-state index contributed by atoms with van der Waals surface area (Å²) in [6.45, 7) is 9.66. The topological polar surface area (TPSA) is 75.3 Å². The number of carbonyl (C=O) groups excluding carboxylic acids is 1. The van der Waals surface area contributed by atoms with Gasteiger partial charge in [-0.2, -0.15) is 5.26 Å². The van der Waals surface area contributed by atoms with Crippen LogP contribution in [0.15, 0.2) is 41.2 Å². The summed E-state index contributed by atoms with van der Waals surface area (Å²) in [6, 6.07) is 14.0. The third kappa shape index (κ3) is 4.60. The van der Waals surface area contributed by atoms with Crippen molar-refractivity contribution in [3.8, 4) is 11.8 Å². The molecule has 2 heterocycles. The Kier molecular flexibility index (Phi) is 6.82. The number of ether oxygens (including phenoxy) is 1. The number of morpholine rings is 1. The van der Waals surface area contributed by atoms with Gasteiger partial charge >= 0.3 is 0 Å². The van der Waals surface area contributed by atoms with Crippen molar-refractivity contribution >= 4 is 28.9 Å². The quantitative estimate of drug-likeness (QED) is 0.586. The van der Waals surface area contributed by atoms with Crippen LogP contribution >= 0.6 is 11.3 Å². The molecule has 1 amide bonds. The molecule has 7 heteroatoms. The maximum atomic E-state index is 13.7. The summed E-state index contributed by atoms with van der Waals surface area (Å²) in [6.07, 6.45) is 1.85. The van der Waals surface area contributed by atoms with E-state index in [0.29, 0.717) is 41.2 Å². The molecule has 6 nitrogen and oxygen atoms in total. The van der Waals surface area contributed by atoms with E-state index in [9.17, 15) is 14.9 Å². The first-order valence-electron chi connectivity index (χ1n) is 11.2. The number of nitriles is 1. The summed E-state index contributed by atoms with van der Waals surface area (Å²) in [4.78, 5) is 28.6. The van der Waals surface area contributed by atoms with Crippen molar-refractivity contribution in [3.63, 3.8) is 0 Å². The van der Waals surface area contributed by atoms with Gasteiger partial charge in [-0.15, -0.1) is 11.3 Å². The highest BCUT2D eigenvalue weighted by atomic mass is 32.1. The smallest absolute Gasteiger partial charge is 0.273 e. The van der Waals surface area contributed by atoms with Gasteiger partial charge in [0.05, 0.1) is 23.4 Å². The molecule has 0 radical (unpaired) electrons. The van der Waals surface area contributed by atoms with Gasteiger partial charge in [0.2, 0.25) is 0 Å². The maximum absolute atomic E-state index is 13.7. The Morgan fingerprint density at radius 2 is 1.68 bits per heavy atom. The lowest BCUT2D eigenvalue weighted by molar-refractivity contribution is -0.128. The predicted octanol–water partition coefficient (Wildman–Crippen LogP) is 2.49. The first-order valence-corrected chi connectivity index (χ1v) is 12.0. The lowest BCUT2D eigenvalue weighted by atomic mass is 10.1. The summed E-state index contributed by atoms with van der Waals surface area (Å²) < 4.78 is 7.70. The average Bonchev–Trinajstić information content (AvgIpc) is 3.12. The molecule has 34 heavy (non-hydrogen) atoms. The van der Waals surface area contributed by atoms with Gasteiger partial charge in [-0.25, -0.2) is 0 Å². The number of aryl methyl sites for hydroxylation is 4. The molecule has 2 aromatic carbocycles. The Labute approximate surface area is 202 Å². The Hall–Kier alpha value is -3.47. The van der Waals surface area contributed by atoms with Crippen LogP contribution in [0.1, 0.15) is 27.8 Å². The number of thiazole rings is 1. The monoisotopic (exact) mass is 473 g/mol. The van der Waals surface area contributed by atoms with Gasteiger partial charge in [-0.1, -0.05) is 41.5 Å². The molecular weight excluding hydrogens is 446 g/mol. The SMILES string of the molecule is Cc1ccc(/C=c2\s/c(=C(/C#N)C(=O)N3CCOCC3)n(-c3ccc(C)cc3C)c2=O)c(C)c1. The van der Waals surface area contributed by atoms with Gasteiger partial charge in [0.1, 0.15) is 10.7 Å². The first kappa shape index (κ1) is 23.7. The van der Waals surface area contributed by atoms with E-state index in [-0.39, 0.29) is 17.0 Å². The molecule has 0 saturated carbocycles. The van der Waals surface area contributed by atoms with Crippen LogP contribution < -0.4 is 14.8 Å². The van der Waals surface area contributed by atoms with E-state index in [4.69, 9.17) is 4.74 Å². The fourth-order valence-electron chi connectivity index (χ4n) is 4.17. The number of hydrogen-bond acceptors (Lipinski definition) is 5. The molecule has 4 rings (SSSR count). The van der Waals surface area contributed by atoms with Gasteiger partial charge in [0.25, 0.3) is 11.5 Å². The van der Waals surface area contributed by atoms with Crippen LogP contribution in [0.2, 0.25) is 0 Å². The van der Waals surface area contributed by atoms with Crippen molar-refractivity contribution in [2.75, 3.05) is 26.3 Å². The van der Waals surface area contributed by atoms with Gasteiger partial charge < -0.3 is 9.64 Å². The van der Waals surface area contributed by atoms with Crippen molar-refractivity contribution in [2.24, 2.45) is 0 Å². The highest BCUT2D eigenvalue weighted by Gasteiger charge is 2.24. The van der Waals surface area contributed by atoms with E-state index >= 15 is 0 Å².